The summed E-state index contributed by atoms with van der Waals surface area (Å²) in [7, 11) is -4.74. The molecule has 3 amide bonds. The maximum atomic E-state index is 15.1. The molecule has 45 heavy (non-hydrogen) atoms. The average molecular weight is 678 g/mol. The lowest BCUT2D eigenvalue weighted by Crippen LogP contribution is -2.76. The van der Waals surface area contributed by atoms with Gasteiger partial charge in [-0.05, 0) is 55.3 Å². The largest absolute Gasteiger partial charge is 0.465 e. The number of piperazine rings is 1. The minimum absolute atomic E-state index is 0.000642. The monoisotopic (exact) mass is 676 g/mol. The van der Waals surface area contributed by atoms with Gasteiger partial charge in [0.2, 0.25) is 21.8 Å². The van der Waals surface area contributed by atoms with Gasteiger partial charge < -0.3 is 14.9 Å². The molecule has 2 aliphatic rings. The van der Waals surface area contributed by atoms with Crippen molar-refractivity contribution in [3.8, 4) is 0 Å². The van der Waals surface area contributed by atoms with Crippen LogP contribution in [0, 0.1) is 5.82 Å². The van der Waals surface area contributed by atoms with Crippen LogP contribution < -0.4 is 0 Å². The zero-order chi connectivity index (χ0) is 32.6. The van der Waals surface area contributed by atoms with Crippen LogP contribution in [0.1, 0.15) is 25.0 Å². The van der Waals surface area contributed by atoms with Crippen LogP contribution in [0.2, 0.25) is 10.0 Å². The molecule has 3 aromatic carbocycles. The van der Waals surface area contributed by atoms with Crippen molar-refractivity contribution < 1.29 is 32.3 Å². The average Bonchev–Trinajstić information content (AvgIpc) is 2.99. The second-order valence-electron chi connectivity index (χ2n) is 11.2. The molecule has 0 aromatic heterocycles. The van der Waals surface area contributed by atoms with Gasteiger partial charge in [0.25, 0.3) is 0 Å². The second-order valence-corrected chi connectivity index (χ2v) is 14.0. The van der Waals surface area contributed by atoms with Gasteiger partial charge >= 0.3 is 6.09 Å². The third kappa shape index (κ3) is 6.51. The molecule has 0 bridgehead atoms. The molecular weight excluding hydrogens is 646 g/mol. The number of amides is 3. The summed E-state index contributed by atoms with van der Waals surface area (Å²) in [6.45, 7) is 2.47. The lowest BCUT2D eigenvalue weighted by molar-refractivity contribution is -0.171. The number of halogens is 3. The van der Waals surface area contributed by atoms with Gasteiger partial charge in [-0.3, -0.25) is 14.5 Å². The van der Waals surface area contributed by atoms with Crippen LogP contribution in [0.4, 0.5) is 9.18 Å². The topological polar surface area (TPSA) is 119 Å². The summed E-state index contributed by atoms with van der Waals surface area (Å²) in [5.74, 6) is -2.22. The number of fused-ring (bicyclic) bond motifs is 1. The number of carbonyl (C=O) groups excluding carboxylic acids is 2. The van der Waals surface area contributed by atoms with Gasteiger partial charge in [0.15, 0.2) is 0 Å². The molecule has 3 atom stereocenters. The molecule has 0 spiro atoms. The zero-order valence-electron chi connectivity index (χ0n) is 24.4. The van der Waals surface area contributed by atoms with Crippen LogP contribution >= 0.6 is 23.2 Å². The van der Waals surface area contributed by atoms with E-state index in [1.165, 1.54) is 11.0 Å². The lowest BCUT2D eigenvalue weighted by Gasteiger charge is -2.55. The first-order valence-corrected chi connectivity index (χ1v) is 16.4. The van der Waals surface area contributed by atoms with Crippen molar-refractivity contribution >= 4 is 51.1 Å². The van der Waals surface area contributed by atoms with Crippen molar-refractivity contribution in [3.05, 3.63) is 99.8 Å². The van der Waals surface area contributed by atoms with E-state index in [0.717, 1.165) is 26.2 Å². The van der Waals surface area contributed by atoms with Crippen molar-refractivity contribution in [3.63, 3.8) is 0 Å². The van der Waals surface area contributed by atoms with E-state index in [9.17, 15) is 27.9 Å². The lowest BCUT2D eigenvalue weighted by atomic mass is 9.96. The Balaban J connectivity index is 1.67. The van der Waals surface area contributed by atoms with E-state index in [1.807, 2.05) is 0 Å². The first-order chi connectivity index (χ1) is 21.3. The molecular formula is C31H31Cl2FN4O6S. The van der Waals surface area contributed by atoms with Crippen molar-refractivity contribution in [2.24, 2.45) is 0 Å². The van der Waals surface area contributed by atoms with Crippen LogP contribution in [-0.2, 0) is 32.6 Å². The predicted molar refractivity (Wildman–Crippen MR) is 166 cm³/mol. The Morgan fingerprint density at radius 3 is 2.22 bits per heavy atom. The van der Waals surface area contributed by atoms with E-state index in [-0.39, 0.29) is 30.6 Å². The minimum atomic E-state index is -4.74. The van der Waals surface area contributed by atoms with E-state index in [4.69, 9.17) is 23.2 Å². The van der Waals surface area contributed by atoms with Crippen LogP contribution in [0.5, 0.6) is 0 Å². The summed E-state index contributed by atoms with van der Waals surface area (Å²) >= 11 is 12.1. The smallest absolute Gasteiger partial charge is 0.408 e. The summed E-state index contributed by atoms with van der Waals surface area (Å²) in [5, 5.41) is 10.7. The number of benzene rings is 3. The van der Waals surface area contributed by atoms with Gasteiger partial charge in [0.1, 0.15) is 29.0 Å². The first kappa shape index (κ1) is 32.7. The van der Waals surface area contributed by atoms with Gasteiger partial charge in [-0.25, -0.2) is 17.6 Å². The highest BCUT2D eigenvalue weighted by Crippen LogP contribution is 2.35. The molecule has 1 N–H and O–H groups in total. The summed E-state index contributed by atoms with van der Waals surface area (Å²) in [6.07, 6.45) is -2.73. The maximum absolute atomic E-state index is 15.1. The Labute approximate surface area is 270 Å². The molecule has 2 heterocycles. The van der Waals surface area contributed by atoms with Crippen LogP contribution in [0.15, 0.2) is 77.7 Å². The Kier molecular flexibility index (Phi) is 9.41. The highest BCUT2D eigenvalue weighted by molar-refractivity contribution is 7.89. The molecule has 5 rings (SSSR count). The van der Waals surface area contributed by atoms with E-state index in [0.29, 0.717) is 16.1 Å². The molecule has 14 heteroatoms. The third-order valence-electron chi connectivity index (χ3n) is 8.07. The molecule has 238 valence electrons. The SMILES string of the molecule is CC(C)N1CC2N(C(=O)C(N(Cc3ccccc3)C(=O)O)CN2S(=O)(=O)c2cc(Cl)ccc2F)C(Cc2ccc(Cl)cc2)C1=O. The van der Waals surface area contributed by atoms with Crippen LogP contribution in [0.25, 0.3) is 0 Å². The fourth-order valence-electron chi connectivity index (χ4n) is 5.82. The van der Waals surface area contributed by atoms with Crippen LogP contribution in [0.3, 0.4) is 0 Å². The number of hydrogen-bond acceptors (Lipinski definition) is 5. The number of carbonyl (C=O) groups is 3. The quantitative estimate of drug-likeness (QED) is 0.370. The van der Waals surface area contributed by atoms with Crippen molar-refractivity contribution in [1.82, 2.24) is 19.0 Å². The van der Waals surface area contributed by atoms with Gasteiger partial charge in [0.05, 0.1) is 6.54 Å². The zero-order valence-corrected chi connectivity index (χ0v) is 26.7. The van der Waals surface area contributed by atoms with Gasteiger partial charge in [-0.2, -0.15) is 4.31 Å². The maximum Gasteiger partial charge on any atom is 0.408 e. The number of carboxylic acid groups (broad SMARTS) is 1. The molecule has 10 nitrogen and oxygen atoms in total. The van der Waals surface area contributed by atoms with Gasteiger partial charge in [-0.1, -0.05) is 65.7 Å². The summed E-state index contributed by atoms with van der Waals surface area (Å²) < 4.78 is 44.6. The molecule has 3 unspecified atom stereocenters. The van der Waals surface area contributed by atoms with Gasteiger partial charge in [0, 0.05) is 35.6 Å². The Morgan fingerprint density at radius 1 is 0.956 bits per heavy atom. The van der Waals surface area contributed by atoms with E-state index in [1.54, 1.807) is 68.4 Å². The molecule has 2 saturated heterocycles. The molecule has 0 saturated carbocycles. The molecule has 3 aromatic rings. The Morgan fingerprint density at radius 2 is 1.60 bits per heavy atom. The number of rotatable bonds is 8. The Hall–Kier alpha value is -3.71. The summed E-state index contributed by atoms with van der Waals surface area (Å²) in [5.41, 5.74) is 1.20. The predicted octanol–water partition coefficient (Wildman–Crippen LogP) is 4.70. The van der Waals surface area contributed by atoms with Gasteiger partial charge in [-0.15, -0.1) is 0 Å². The normalized spacial score (nSPS) is 20.8. The summed E-state index contributed by atoms with van der Waals surface area (Å²) in [4.78, 5) is 43.8. The fourth-order valence-corrected chi connectivity index (χ4v) is 7.85. The van der Waals surface area contributed by atoms with E-state index < -0.39 is 63.4 Å². The highest BCUT2D eigenvalue weighted by atomic mass is 35.5. The standard InChI is InChI=1S/C31H31Cl2FN4O6S/c1-19(2)35-18-28-37(45(43,44)27-15-23(33)12-13-24(27)34)17-26(36(31(41)42)16-21-6-4-3-5-7-21)30(40)38(28)25(29(35)39)14-20-8-10-22(32)11-9-20/h3-13,15,19,25-26,28H,14,16-18H2,1-2H3,(H,41,42). The van der Waals surface area contributed by atoms with Crippen LogP contribution in [-0.4, -0.2) is 87.8 Å². The van der Waals surface area contributed by atoms with E-state index >= 15 is 4.39 Å². The van der Waals surface area contributed by atoms with Crippen molar-refractivity contribution in [2.45, 2.75) is 56.0 Å². The number of sulfonamides is 1. The Bertz CT molecular complexity index is 1710. The number of nitrogens with zero attached hydrogens (tertiary/aromatic N) is 4. The highest BCUT2D eigenvalue weighted by Gasteiger charge is 2.56. The number of hydrogen-bond donors (Lipinski definition) is 1. The summed E-state index contributed by atoms with van der Waals surface area (Å²) in [6, 6.07) is 15.1. The van der Waals surface area contributed by atoms with Crippen molar-refractivity contribution in [1.29, 1.82) is 0 Å². The molecule has 0 radical (unpaired) electrons. The fraction of sp³-hybridized carbons (Fsp3) is 0.323. The first-order valence-electron chi connectivity index (χ1n) is 14.2. The molecule has 2 aliphatic heterocycles. The third-order valence-corrected chi connectivity index (χ3v) is 10.4. The minimum Gasteiger partial charge on any atom is -0.465 e. The molecule has 0 aliphatic carbocycles. The second kappa shape index (κ2) is 13.0. The van der Waals surface area contributed by atoms with Crippen molar-refractivity contribution in [2.75, 3.05) is 13.1 Å². The molecule has 2 fully saturated rings. The van der Waals surface area contributed by atoms with E-state index in [2.05, 4.69) is 0 Å².